The fourth-order valence-corrected chi connectivity index (χ4v) is 1.79. The van der Waals surface area contributed by atoms with Crippen LogP contribution in [-0.4, -0.2) is 10.8 Å². The van der Waals surface area contributed by atoms with E-state index in [2.05, 4.69) is 17.9 Å². The van der Waals surface area contributed by atoms with E-state index >= 15 is 0 Å². The number of hydrogen-bond donors (Lipinski definition) is 2. The smallest absolute Gasteiger partial charge is 0.269 e. The molecule has 2 rings (SSSR count). The molecule has 0 bridgehead atoms. The number of thiol groups is 1. The highest BCUT2D eigenvalue weighted by Crippen LogP contribution is 2.18. The third-order valence-corrected chi connectivity index (χ3v) is 2.87. The molecule has 0 atom stereocenters. The Hall–Kier alpha value is -2.34. The van der Waals surface area contributed by atoms with Crippen LogP contribution in [0.3, 0.4) is 0 Å². The third-order valence-electron chi connectivity index (χ3n) is 2.48. The van der Waals surface area contributed by atoms with Gasteiger partial charge in [0.2, 0.25) is 0 Å². The van der Waals surface area contributed by atoms with Crippen LogP contribution in [0.25, 0.3) is 0 Å². The first-order valence-corrected chi connectivity index (χ1v) is 5.86. The average molecular weight is 274 g/mol. The van der Waals surface area contributed by atoms with Crippen LogP contribution in [-0.2, 0) is 0 Å². The summed E-state index contributed by atoms with van der Waals surface area (Å²) in [7, 11) is 0. The van der Waals surface area contributed by atoms with Gasteiger partial charge >= 0.3 is 0 Å². The summed E-state index contributed by atoms with van der Waals surface area (Å²) in [5.41, 5.74) is 0.920. The van der Waals surface area contributed by atoms with Crippen LogP contribution in [0.15, 0.2) is 53.4 Å². The van der Waals surface area contributed by atoms with Crippen molar-refractivity contribution in [1.29, 1.82) is 0 Å². The minimum absolute atomic E-state index is 0.0207. The number of nitro benzene ring substituents is 1. The lowest BCUT2D eigenvalue weighted by atomic mass is 10.2. The van der Waals surface area contributed by atoms with E-state index in [1.807, 2.05) is 0 Å². The summed E-state index contributed by atoms with van der Waals surface area (Å²) >= 11 is 4.20. The molecule has 0 aliphatic rings. The number of benzene rings is 2. The van der Waals surface area contributed by atoms with Gasteiger partial charge in [0.15, 0.2) is 0 Å². The zero-order valence-corrected chi connectivity index (χ0v) is 10.6. The summed E-state index contributed by atoms with van der Waals surface area (Å²) in [5.74, 6) is -0.306. The third kappa shape index (κ3) is 3.11. The summed E-state index contributed by atoms with van der Waals surface area (Å²) in [6.45, 7) is 0. The van der Waals surface area contributed by atoms with Crippen LogP contribution in [0.1, 0.15) is 10.4 Å². The highest BCUT2D eigenvalue weighted by Gasteiger charge is 2.10. The quantitative estimate of drug-likeness (QED) is 0.513. The molecule has 19 heavy (non-hydrogen) atoms. The zero-order chi connectivity index (χ0) is 13.8. The number of hydrogen-bond acceptors (Lipinski definition) is 4. The fourth-order valence-electron chi connectivity index (χ4n) is 1.53. The minimum Gasteiger partial charge on any atom is -0.322 e. The molecule has 0 heterocycles. The van der Waals surface area contributed by atoms with Gasteiger partial charge in [0, 0.05) is 22.7 Å². The van der Waals surface area contributed by atoms with Crippen molar-refractivity contribution in [3.8, 4) is 0 Å². The van der Waals surface area contributed by atoms with Crippen molar-refractivity contribution in [2.45, 2.75) is 4.90 Å². The molecule has 2 aromatic rings. The first kappa shape index (κ1) is 13.1. The number of nitrogens with one attached hydrogen (secondary N) is 1. The maximum atomic E-state index is 12.0. The van der Waals surface area contributed by atoms with E-state index in [4.69, 9.17) is 0 Å². The number of nitrogens with zero attached hydrogens (tertiary/aromatic N) is 1. The molecule has 0 saturated carbocycles. The summed E-state index contributed by atoms with van der Waals surface area (Å²) < 4.78 is 0. The molecule has 0 saturated heterocycles. The monoisotopic (exact) mass is 274 g/mol. The number of nitro groups is 1. The molecule has 0 spiro atoms. The minimum atomic E-state index is -0.491. The molecule has 1 amide bonds. The molecule has 1 N–H and O–H groups in total. The molecular formula is C13H10N2O3S. The number of anilines is 1. The summed E-state index contributed by atoms with van der Waals surface area (Å²) in [4.78, 5) is 22.5. The van der Waals surface area contributed by atoms with Gasteiger partial charge in [0.1, 0.15) is 0 Å². The maximum Gasteiger partial charge on any atom is 0.269 e. The van der Waals surface area contributed by atoms with Crippen molar-refractivity contribution in [3.05, 3.63) is 64.2 Å². The Labute approximate surface area is 114 Å². The van der Waals surface area contributed by atoms with Crippen LogP contribution < -0.4 is 5.32 Å². The van der Waals surface area contributed by atoms with Crippen molar-refractivity contribution >= 4 is 29.9 Å². The lowest BCUT2D eigenvalue weighted by Crippen LogP contribution is -2.12. The summed E-state index contributed by atoms with van der Waals surface area (Å²) in [6.07, 6.45) is 0. The second-order valence-corrected chi connectivity index (χ2v) is 4.26. The molecule has 0 aromatic heterocycles. The molecular weight excluding hydrogens is 264 g/mol. The van der Waals surface area contributed by atoms with E-state index in [9.17, 15) is 14.9 Å². The molecule has 0 unspecified atom stereocenters. The maximum absolute atomic E-state index is 12.0. The molecule has 0 aliphatic carbocycles. The van der Waals surface area contributed by atoms with Gasteiger partial charge in [0.05, 0.1) is 10.5 Å². The van der Waals surface area contributed by atoms with Crippen molar-refractivity contribution in [1.82, 2.24) is 0 Å². The number of carbonyl (C=O) groups is 1. The van der Waals surface area contributed by atoms with E-state index in [1.165, 1.54) is 24.3 Å². The van der Waals surface area contributed by atoms with Gasteiger partial charge < -0.3 is 5.32 Å². The van der Waals surface area contributed by atoms with E-state index < -0.39 is 4.92 Å². The Morgan fingerprint density at radius 1 is 1.11 bits per heavy atom. The van der Waals surface area contributed by atoms with Crippen LogP contribution >= 0.6 is 12.6 Å². The van der Waals surface area contributed by atoms with Crippen LogP contribution in [0.4, 0.5) is 11.4 Å². The normalized spacial score (nSPS) is 9.95. The highest BCUT2D eigenvalue weighted by atomic mass is 32.1. The molecule has 2 aromatic carbocycles. The molecule has 6 heteroatoms. The van der Waals surface area contributed by atoms with Gasteiger partial charge in [-0.1, -0.05) is 12.1 Å². The Morgan fingerprint density at radius 2 is 1.74 bits per heavy atom. The number of amides is 1. The fraction of sp³-hybridized carbons (Fsp3) is 0. The standard InChI is InChI=1S/C13H10N2O3S/c16-13(11-3-1-2-4-12(11)19)14-9-5-7-10(8-6-9)15(17)18/h1-8,19H,(H,14,16). The number of carbonyl (C=O) groups excluding carboxylic acids is 1. The van der Waals surface area contributed by atoms with Gasteiger partial charge in [0.25, 0.3) is 11.6 Å². The molecule has 0 aliphatic heterocycles. The van der Waals surface area contributed by atoms with Gasteiger partial charge in [-0.25, -0.2) is 0 Å². The van der Waals surface area contributed by atoms with Crippen molar-refractivity contribution in [3.63, 3.8) is 0 Å². The molecule has 0 fully saturated rings. The lowest BCUT2D eigenvalue weighted by Gasteiger charge is -2.06. The Kier molecular flexibility index (Phi) is 3.82. The van der Waals surface area contributed by atoms with Crippen LogP contribution in [0.2, 0.25) is 0 Å². The summed E-state index contributed by atoms with van der Waals surface area (Å²) in [5, 5.41) is 13.2. The Morgan fingerprint density at radius 3 is 2.32 bits per heavy atom. The van der Waals surface area contributed by atoms with Crippen molar-refractivity contribution in [2.75, 3.05) is 5.32 Å². The van der Waals surface area contributed by atoms with Gasteiger partial charge in [-0.05, 0) is 24.3 Å². The number of non-ortho nitro benzene ring substituents is 1. The second kappa shape index (κ2) is 5.53. The van der Waals surface area contributed by atoms with Crippen LogP contribution in [0.5, 0.6) is 0 Å². The average Bonchev–Trinajstić information content (AvgIpc) is 2.39. The second-order valence-electron chi connectivity index (χ2n) is 3.78. The lowest BCUT2D eigenvalue weighted by molar-refractivity contribution is -0.384. The topological polar surface area (TPSA) is 72.2 Å². The first-order chi connectivity index (χ1) is 9.08. The van der Waals surface area contributed by atoms with E-state index in [-0.39, 0.29) is 11.6 Å². The van der Waals surface area contributed by atoms with Gasteiger partial charge in [-0.2, -0.15) is 0 Å². The number of rotatable bonds is 3. The Bertz CT molecular complexity index is 626. The first-order valence-electron chi connectivity index (χ1n) is 5.42. The van der Waals surface area contributed by atoms with Crippen molar-refractivity contribution in [2.24, 2.45) is 0 Å². The zero-order valence-electron chi connectivity index (χ0n) is 9.74. The van der Waals surface area contributed by atoms with Crippen molar-refractivity contribution < 1.29 is 9.72 Å². The van der Waals surface area contributed by atoms with E-state index in [0.29, 0.717) is 16.1 Å². The van der Waals surface area contributed by atoms with Crippen LogP contribution in [0, 0.1) is 10.1 Å². The molecule has 96 valence electrons. The van der Waals surface area contributed by atoms with E-state index in [0.717, 1.165) is 0 Å². The van der Waals surface area contributed by atoms with Gasteiger partial charge in [-0.3, -0.25) is 14.9 Å². The Balaban J connectivity index is 2.15. The predicted molar refractivity (Wildman–Crippen MR) is 74.7 cm³/mol. The van der Waals surface area contributed by atoms with E-state index in [1.54, 1.807) is 24.3 Å². The van der Waals surface area contributed by atoms with Gasteiger partial charge in [-0.15, -0.1) is 12.6 Å². The highest BCUT2D eigenvalue weighted by molar-refractivity contribution is 7.80. The summed E-state index contributed by atoms with van der Waals surface area (Å²) in [6, 6.07) is 12.5. The molecule has 0 radical (unpaired) electrons. The molecule has 5 nitrogen and oxygen atoms in total. The SMILES string of the molecule is O=C(Nc1ccc([N+](=O)[O-])cc1)c1ccccc1S. The largest absolute Gasteiger partial charge is 0.322 e. The predicted octanol–water partition coefficient (Wildman–Crippen LogP) is 3.14.